The topological polar surface area (TPSA) is 86.9 Å². The Morgan fingerprint density at radius 2 is 2.14 bits per heavy atom. The van der Waals surface area contributed by atoms with Crippen molar-refractivity contribution in [1.82, 2.24) is 10.2 Å². The zero-order valence-corrected chi connectivity index (χ0v) is 13.4. The van der Waals surface area contributed by atoms with Gasteiger partial charge in [-0.3, -0.25) is 10.2 Å². The van der Waals surface area contributed by atoms with E-state index in [1.807, 2.05) is 6.92 Å². The van der Waals surface area contributed by atoms with Gasteiger partial charge in [-0.05, 0) is 18.6 Å². The number of hydrogen-bond donors (Lipinski definition) is 2. The first-order chi connectivity index (χ1) is 10.6. The number of carbonyl (C=O) groups excluding carboxylic acids is 1. The second-order valence-electron chi connectivity index (χ2n) is 4.72. The Morgan fingerprint density at radius 3 is 2.82 bits per heavy atom. The summed E-state index contributed by atoms with van der Waals surface area (Å²) in [6.07, 6.45) is 2.39. The standard InChI is InChI=1S/C15H13N3O2S2/c1-2-11-17-18-15(22-11)12-13(20)10(21-14(12)16)7-8-5-3-4-6-9(8)19/h3-7,12,16,19H,2H2,1H3/b10-7-,16-14?/t12-/m1/s1. The zero-order chi connectivity index (χ0) is 15.7. The minimum atomic E-state index is -0.653. The molecule has 0 spiro atoms. The summed E-state index contributed by atoms with van der Waals surface area (Å²) in [4.78, 5) is 13.0. The van der Waals surface area contributed by atoms with Crippen molar-refractivity contribution >= 4 is 40.0 Å². The van der Waals surface area contributed by atoms with E-state index in [1.165, 1.54) is 11.3 Å². The van der Waals surface area contributed by atoms with Crippen LogP contribution < -0.4 is 0 Å². The molecule has 1 saturated heterocycles. The third-order valence-corrected chi connectivity index (χ3v) is 5.37. The van der Waals surface area contributed by atoms with Gasteiger partial charge in [0.05, 0.1) is 9.95 Å². The van der Waals surface area contributed by atoms with Crippen molar-refractivity contribution in [1.29, 1.82) is 5.41 Å². The van der Waals surface area contributed by atoms with Crippen LogP contribution in [0.4, 0.5) is 0 Å². The van der Waals surface area contributed by atoms with Crippen molar-refractivity contribution in [2.75, 3.05) is 0 Å². The molecule has 112 valence electrons. The highest BCUT2D eigenvalue weighted by molar-refractivity contribution is 8.19. The Kier molecular flexibility index (Phi) is 4.08. The second kappa shape index (κ2) is 6.02. The molecule has 1 aromatic heterocycles. The molecule has 7 heteroatoms. The average Bonchev–Trinajstić information content (AvgIpc) is 3.07. The van der Waals surface area contributed by atoms with Gasteiger partial charge in [-0.25, -0.2) is 0 Å². The van der Waals surface area contributed by atoms with Gasteiger partial charge in [0.15, 0.2) is 5.78 Å². The highest BCUT2D eigenvalue weighted by atomic mass is 32.2. The number of rotatable bonds is 3. The molecule has 1 atom stereocenters. The number of hydrogen-bond acceptors (Lipinski definition) is 7. The maximum atomic E-state index is 12.6. The second-order valence-corrected chi connectivity index (χ2v) is 6.90. The lowest BCUT2D eigenvalue weighted by Gasteiger charge is -2.01. The van der Waals surface area contributed by atoms with Gasteiger partial charge in [0.2, 0.25) is 0 Å². The van der Waals surface area contributed by atoms with Crippen molar-refractivity contribution in [3.05, 3.63) is 44.7 Å². The number of nitrogens with one attached hydrogen (secondary N) is 1. The molecule has 3 rings (SSSR count). The molecule has 5 nitrogen and oxygen atoms in total. The van der Waals surface area contributed by atoms with Gasteiger partial charge in [0.1, 0.15) is 21.7 Å². The third kappa shape index (κ3) is 2.69. The molecule has 0 aliphatic carbocycles. The summed E-state index contributed by atoms with van der Waals surface area (Å²) in [6, 6.07) is 6.81. The van der Waals surface area contributed by atoms with Crippen LogP contribution in [0.25, 0.3) is 6.08 Å². The molecular formula is C15H13N3O2S2. The van der Waals surface area contributed by atoms with E-state index in [4.69, 9.17) is 5.41 Å². The molecule has 2 N–H and O–H groups in total. The lowest BCUT2D eigenvalue weighted by Crippen LogP contribution is -2.11. The van der Waals surface area contributed by atoms with Gasteiger partial charge in [-0.1, -0.05) is 36.9 Å². The van der Waals surface area contributed by atoms with Crippen LogP contribution >= 0.6 is 23.1 Å². The number of thioether (sulfide) groups is 1. The molecule has 2 heterocycles. The zero-order valence-electron chi connectivity index (χ0n) is 11.7. The third-order valence-electron chi connectivity index (χ3n) is 3.24. The van der Waals surface area contributed by atoms with Gasteiger partial charge < -0.3 is 5.11 Å². The van der Waals surface area contributed by atoms with Crippen molar-refractivity contribution < 1.29 is 9.90 Å². The van der Waals surface area contributed by atoms with Gasteiger partial charge in [-0.2, -0.15) is 0 Å². The number of benzene rings is 1. The Hall–Kier alpha value is -1.99. The Balaban J connectivity index is 1.93. The fraction of sp³-hybridized carbons (Fsp3) is 0.200. The molecule has 1 aromatic carbocycles. The first-order valence-electron chi connectivity index (χ1n) is 6.72. The molecule has 0 unspecified atom stereocenters. The van der Waals surface area contributed by atoms with Crippen LogP contribution in [0.3, 0.4) is 0 Å². The molecular weight excluding hydrogens is 318 g/mol. The minimum absolute atomic E-state index is 0.113. The predicted molar refractivity (Wildman–Crippen MR) is 88.4 cm³/mol. The predicted octanol–water partition coefficient (Wildman–Crippen LogP) is 3.22. The quantitative estimate of drug-likeness (QED) is 0.843. The Morgan fingerprint density at radius 1 is 1.36 bits per heavy atom. The average molecular weight is 331 g/mol. The summed E-state index contributed by atoms with van der Waals surface area (Å²) in [7, 11) is 0. The fourth-order valence-corrected chi connectivity index (χ4v) is 4.03. The maximum absolute atomic E-state index is 12.6. The number of phenolic OH excluding ortho intramolecular Hbond substituents is 1. The summed E-state index contributed by atoms with van der Waals surface area (Å²) < 4.78 is 0. The lowest BCUT2D eigenvalue weighted by atomic mass is 10.0. The SMILES string of the molecule is CCc1nnc([C@H]2C(=N)S/C(=C\c3ccccc3O)C2=O)s1. The van der Waals surface area contributed by atoms with Crippen LogP contribution in [0.15, 0.2) is 29.2 Å². The number of ketones is 1. The van der Waals surface area contributed by atoms with Crippen molar-refractivity contribution in [3.8, 4) is 5.75 Å². The highest BCUT2D eigenvalue weighted by Crippen LogP contribution is 2.41. The summed E-state index contributed by atoms with van der Waals surface area (Å²) in [5.41, 5.74) is 0.568. The largest absolute Gasteiger partial charge is 0.507 e. The summed E-state index contributed by atoms with van der Waals surface area (Å²) in [5, 5.41) is 27.6. The fourth-order valence-electron chi connectivity index (χ4n) is 2.09. The Labute approximate surface area is 135 Å². The van der Waals surface area contributed by atoms with Gasteiger partial charge in [0, 0.05) is 5.56 Å². The van der Waals surface area contributed by atoms with Crippen LogP contribution in [0, 0.1) is 5.41 Å². The molecule has 1 aliphatic rings. The molecule has 0 saturated carbocycles. The number of aryl methyl sites for hydroxylation is 1. The van der Waals surface area contributed by atoms with E-state index in [0.717, 1.165) is 23.2 Å². The number of phenols is 1. The van der Waals surface area contributed by atoms with E-state index >= 15 is 0 Å². The molecule has 0 radical (unpaired) electrons. The first-order valence-corrected chi connectivity index (χ1v) is 8.36. The number of aromatic nitrogens is 2. The van der Waals surface area contributed by atoms with E-state index in [9.17, 15) is 9.90 Å². The van der Waals surface area contributed by atoms with Crippen molar-refractivity contribution in [3.63, 3.8) is 0 Å². The minimum Gasteiger partial charge on any atom is -0.507 e. The van der Waals surface area contributed by atoms with E-state index in [1.54, 1.807) is 30.3 Å². The number of aromatic hydroxyl groups is 1. The lowest BCUT2D eigenvalue weighted by molar-refractivity contribution is -0.114. The summed E-state index contributed by atoms with van der Waals surface area (Å²) in [6.45, 7) is 1.98. The number of nitrogens with zero attached hydrogens (tertiary/aromatic N) is 2. The molecule has 0 bridgehead atoms. The van der Waals surface area contributed by atoms with Crippen LogP contribution in [0.1, 0.15) is 28.4 Å². The number of carbonyl (C=O) groups is 1. The van der Waals surface area contributed by atoms with Crippen molar-refractivity contribution in [2.24, 2.45) is 0 Å². The first kappa shape index (κ1) is 14.9. The van der Waals surface area contributed by atoms with Gasteiger partial charge in [0.25, 0.3) is 0 Å². The van der Waals surface area contributed by atoms with E-state index < -0.39 is 5.92 Å². The molecule has 22 heavy (non-hydrogen) atoms. The van der Waals surface area contributed by atoms with Crippen LogP contribution in [0.5, 0.6) is 5.75 Å². The van der Waals surface area contributed by atoms with E-state index in [-0.39, 0.29) is 16.6 Å². The van der Waals surface area contributed by atoms with Crippen LogP contribution in [0.2, 0.25) is 0 Å². The molecule has 1 fully saturated rings. The molecule has 1 aliphatic heterocycles. The van der Waals surface area contributed by atoms with Crippen LogP contribution in [-0.2, 0) is 11.2 Å². The van der Waals surface area contributed by atoms with Crippen LogP contribution in [-0.4, -0.2) is 26.1 Å². The molecule has 0 amide bonds. The highest BCUT2D eigenvalue weighted by Gasteiger charge is 2.39. The smallest absolute Gasteiger partial charge is 0.186 e. The number of allylic oxidation sites excluding steroid dienone is 1. The van der Waals surface area contributed by atoms with Gasteiger partial charge in [-0.15, -0.1) is 21.5 Å². The van der Waals surface area contributed by atoms with E-state index in [2.05, 4.69) is 10.2 Å². The molecule has 2 aromatic rings. The van der Waals surface area contributed by atoms with Crippen molar-refractivity contribution in [2.45, 2.75) is 19.3 Å². The number of para-hydroxylation sites is 1. The normalized spacial score (nSPS) is 20.0. The van der Waals surface area contributed by atoms with Gasteiger partial charge >= 0.3 is 0 Å². The number of Topliss-reactive ketones (excluding diaryl/α,β-unsaturated/α-hetero) is 1. The monoisotopic (exact) mass is 331 g/mol. The maximum Gasteiger partial charge on any atom is 0.186 e. The summed E-state index contributed by atoms with van der Waals surface area (Å²) in [5.74, 6) is -0.695. The van der Waals surface area contributed by atoms with E-state index in [0.29, 0.717) is 15.5 Å². The summed E-state index contributed by atoms with van der Waals surface area (Å²) >= 11 is 2.49. The Bertz CT molecular complexity index is 783.